The molecule has 0 spiro atoms. The van der Waals surface area contributed by atoms with Crippen LogP contribution in [-0.4, -0.2) is 30.5 Å². The average molecular weight is 402 g/mol. The molecule has 0 bridgehead atoms. The Kier molecular flexibility index (Phi) is 7.65. The minimum Gasteiger partial charge on any atom is -0.459 e. The molecule has 0 saturated carbocycles. The topological polar surface area (TPSA) is 67.8 Å². The highest BCUT2D eigenvalue weighted by Crippen LogP contribution is 2.40. The molecule has 0 saturated heterocycles. The fraction of sp³-hybridized carbons (Fsp3) is 0.409. The highest BCUT2D eigenvalue weighted by Gasteiger charge is 2.37. The van der Waals surface area contributed by atoms with E-state index in [1.807, 2.05) is 48.7 Å². The second kappa shape index (κ2) is 10.4. The van der Waals surface area contributed by atoms with Crippen LogP contribution < -0.4 is 5.32 Å². The van der Waals surface area contributed by atoms with Gasteiger partial charge in [0, 0.05) is 31.6 Å². The molecular weight excluding hydrogens is 374 g/mol. The summed E-state index contributed by atoms with van der Waals surface area (Å²) in [6, 6.07) is 11.9. The maximum atomic E-state index is 12.8. The van der Waals surface area contributed by atoms with Crippen molar-refractivity contribution in [2.24, 2.45) is 5.92 Å². The minimum absolute atomic E-state index is 0.0144. The first-order valence-electron chi connectivity index (χ1n) is 9.68. The summed E-state index contributed by atoms with van der Waals surface area (Å²) in [5, 5.41) is 16.4. The van der Waals surface area contributed by atoms with Crippen molar-refractivity contribution in [2.75, 3.05) is 13.2 Å². The molecule has 0 aliphatic carbocycles. The average Bonchev–Trinajstić information content (AvgIpc) is 3.26. The van der Waals surface area contributed by atoms with Gasteiger partial charge in [-0.3, -0.25) is 4.79 Å². The fourth-order valence-corrected chi connectivity index (χ4v) is 4.18. The summed E-state index contributed by atoms with van der Waals surface area (Å²) in [6.07, 6.45) is 2.82. The number of aliphatic hydroxyl groups excluding tert-OH is 1. The second-order valence-corrected chi connectivity index (χ2v) is 7.53. The summed E-state index contributed by atoms with van der Waals surface area (Å²) in [5.74, 6) is 0.119. The van der Waals surface area contributed by atoms with Crippen molar-refractivity contribution in [3.05, 3.63) is 70.1 Å². The summed E-state index contributed by atoms with van der Waals surface area (Å²) in [6.45, 7) is 2.98. The normalized spacial score (nSPS) is 21.6. The van der Waals surface area contributed by atoms with E-state index in [2.05, 4.69) is 16.8 Å². The van der Waals surface area contributed by atoms with Gasteiger partial charge < -0.3 is 19.9 Å². The number of hydrogen-bond acceptors (Lipinski definition) is 5. The first-order chi connectivity index (χ1) is 13.7. The molecular formula is C22H27NO4S. The molecule has 0 unspecified atom stereocenters. The van der Waals surface area contributed by atoms with Crippen LogP contribution in [-0.2, 0) is 20.8 Å². The molecule has 2 N–H and O–H groups in total. The molecule has 1 amide bonds. The van der Waals surface area contributed by atoms with Crippen molar-refractivity contribution >= 4 is 17.2 Å². The van der Waals surface area contributed by atoms with Gasteiger partial charge in [0.2, 0.25) is 6.29 Å². The molecule has 150 valence electrons. The molecule has 5 nitrogen and oxygen atoms in total. The van der Waals surface area contributed by atoms with Crippen LogP contribution in [0.25, 0.3) is 0 Å². The first-order valence-corrected chi connectivity index (χ1v) is 10.6. The first kappa shape index (κ1) is 20.6. The van der Waals surface area contributed by atoms with E-state index >= 15 is 0 Å². The van der Waals surface area contributed by atoms with Gasteiger partial charge in [-0.1, -0.05) is 30.3 Å². The van der Waals surface area contributed by atoms with E-state index in [0.29, 0.717) is 25.3 Å². The summed E-state index contributed by atoms with van der Waals surface area (Å²) in [5.41, 5.74) is 2.18. The van der Waals surface area contributed by atoms with Gasteiger partial charge in [-0.15, -0.1) is 0 Å². The Morgan fingerprint density at radius 3 is 2.79 bits per heavy atom. The molecule has 1 aliphatic heterocycles. The molecule has 0 radical (unpaired) electrons. The van der Waals surface area contributed by atoms with Gasteiger partial charge in [-0.05, 0) is 53.8 Å². The predicted octanol–water partition coefficient (Wildman–Crippen LogP) is 3.81. The van der Waals surface area contributed by atoms with Crippen LogP contribution >= 0.6 is 11.3 Å². The Morgan fingerprint density at radius 1 is 1.29 bits per heavy atom. The highest BCUT2D eigenvalue weighted by molar-refractivity contribution is 7.08. The van der Waals surface area contributed by atoms with Crippen LogP contribution in [0.5, 0.6) is 0 Å². The van der Waals surface area contributed by atoms with Crippen molar-refractivity contribution in [1.82, 2.24) is 5.32 Å². The summed E-state index contributed by atoms with van der Waals surface area (Å²) >= 11 is 1.63. The van der Waals surface area contributed by atoms with Crippen LogP contribution in [0.2, 0.25) is 0 Å². The van der Waals surface area contributed by atoms with Crippen molar-refractivity contribution in [3.63, 3.8) is 0 Å². The standard InChI is InChI=1S/C22H27NO4S/c1-2-26-22-18(9-6-11-24)19(17-10-12-28-15-17)13-20(27-22)21(25)23-14-16-7-4-3-5-8-16/h3-5,7-8,10,12-13,15,18-19,22,24H,2,6,9,11,14H2,1H3,(H,23,25)/t18-,19-,22-/m1/s1. The number of ether oxygens (including phenoxy) is 2. The number of aliphatic hydroxyl groups is 1. The van der Waals surface area contributed by atoms with Gasteiger partial charge in [0.05, 0.1) is 0 Å². The van der Waals surface area contributed by atoms with Crippen LogP contribution in [0.1, 0.15) is 36.8 Å². The van der Waals surface area contributed by atoms with Crippen molar-refractivity contribution in [2.45, 2.75) is 38.5 Å². The third-order valence-corrected chi connectivity index (χ3v) is 5.56. The van der Waals surface area contributed by atoms with Gasteiger partial charge in [-0.2, -0.15) is 11.3 Å². The van der Waals surface area contributed by atoms with Gasteiger partial charge >= 0.3 is 0 Å². The number of rotatable bonds is 9. The largest absolute Gasteiger partial charge is 0.459 e. The van der Waals surface area contributed by atoms with E-state index in [-0.39, 0.29) is 24.3 Å². The molecule has 28 heavy (non-hydrogen) atoms. The maximum Gasteiger partial charge on any atom is 0.286 e. The number of benzene rings is 1. The van der Waals surface area contributed by atoms with Crippen LogP contribution in [0.4, 0.5) is 0 Å². The lowest BCUT2D eigenvalue weighted by Crippen LogP contribution is -2.38. The Bertz CT molecular complexity index is 760. The number of thiophene rings is 1. The Labute approximate surface area is 170 Å². The van der Waals surface area contributed by atoms with Crippen LogP contribution in [0.15, 0.2) is 59.0 Å². The monoisotopic (exact) mass is 401 g/mol. The van der Waals surface area contributed by atoms with E-state index in [1.165, 1.54) is 0 Å². The number of nitrogens with one attached hydrogen (secondary N) is 1. The number of allylic oxidation sites excluding steroid dienone is 1. The van der Waals surface area contributed by atoms with Gasteiger partial charge in [0.1, 0.15) is 0 Å². The van der Waals surface area contributed by atoms with Crippen LogP contribution in [0, 0.1) is 5.92 Å². The molecule has 1 aliphatic rings. The van der Waals surface area contributed by atoms with Gasteiger partial charge in [-0.25, -0.2) is 0 Å². The lowest BCUT2D eigenvalue weighted by Gasteiger charge is -2.36. The maximum absolute atomic E-state index is 12.8. The summed E-state index contributed by atoms with van der Waals surface area (Å²) < 4.78 is 11.8. The summed E-state index contributed by atoms with van der Waals surface area (Å²) in [4.78, 5) is 12.8. The third kappa shape index (κ3) is 5.22. The predicted molar refractivity (Wildman–Crippen MR) is 110 cm³/mol. The van der Waals surface area contributed by atoms with E-state index < -0.39 is 6.29 Å². The van der Waals surface area contributed by atoms with Crippen molar-refractivity contribution in [3.8, 4) is 0 Å². The fourth-order valence-electron chi connectivity index (χ4n) is 3.47. The van der Waals surface area contributed by atoms with E-state index in [0.717, 1.165) is 17.5 Å². The quantitative estimate of drug-likeness (QED) is 0.670. The van der Waals surface area contributed by atoms with Crippen molar-refractivity contribution in [1.29, 1.82) is 0 Å². The molecule has 3 rings (SSSR count). The zero-order chi connectivity index (χ0) is 19.8. The van der Waals surface area contributed by atoms with Gasteiger partial charge in [0.15, 0.2) is 5.76 Å². The second-order valence-electron chi connectivity index (χ2n) is 6.75. The molecule has 1 aromatic heterocycles. The summed E-state index contributed by atoms with van der Waals surface area (Å²) in [7, 11) is 0. The van der Waals surface area contributed by atoms with E-state index in [1.54, 1.807) is 11.3 Å². The molecule has 6 heteroatoms. The molecule has 0 fully saturated rings. The molecule has 1 aromatic carbocycles. The Balaban J connectivity index is 1.79. The number of hydrogen-bond donors (Lipinski definition) is 2. The molecule has 3 atom stereocenters. The lowest BCUT2D eigenvalue weighted by atomic mass is 9.81. The SMILES string of the molecule is CCO[C@@H]1OC(C(=O)NCc2ccccc2)=C[C@H](c2ccsc2)[C@H]1CCCO. The number of carbonyl (C=O) groups excluding carboxylic acids is 1. The zero-order valence-corrected chi connectivity index (χ0v) is 16.9. The third-order valence-electron chi connectivity index (χ3n) is 4.86. The number of amides is 1. The van der Waals surface area contributed by atoms with Crippen molar-refractivity contribution < 1.29 is 19.4 Å². The smallest absolute Gasteiger partial charge is 0.286 e. The molecule has 2 aromatic rings. The number of carbonyl (C=O) groups is 1. The lowest BCUT2D eigenvalue weighted by molar-refractivity contribution is -0.166. The highest BCUT2D eigenvalue weighted by atomic mass is 32.1. The van der Waals surface area contributed by atoms with Crippen LogP contribution in [0.3, 0.4) is 0 Å². The van der Waals surface area contributed by atoms with E-state index in [4.69, 9.17) is 9.47 Å². The van der Waals surface area contributed by atoms with E-state index in [9.17, 15) is 9.90 Å². The Morgan fingerprint density at radius 2 is 2.11 bits per heavy atom. The Hall–Kier alpha value is -2.15. The molecule has 2 heterocycles. The zero-order valence-electron chi connectivity index (χ0n) is 16.0. The minimum atomic E-state index is -0.510. The van der Waals surface area contributed by atoms with Gasteiger partial charge in [0.25, 0.3) is 5.91 Å².